The molecule has 0 bridgehead atoms. The van der Waals surface area contributed by atoms with Crippen LogP contribution in [-0.2, 0) is 0 Å². The average Bonchev–Trinajstić information content (AvgIpc) is 3.40. The van der Waals surface area contributed by atoms with Crippen LogP contribution in [0.15, 0.2) is 30.3 Å². The standard InChI is InChI=1S/C23H21FN6OS/c1-13-20-21(18-5-6-19(32-18)30-9-7-29(2)8-10-30)16(12-25)22(26-23(20)28-27-13)15-4-3-14(31)11-17(15)24/h3-6,11,31H,7-10H2,1-2H3,(H,26,27,28). The minimum atomic E-state index is -0.643. The summed E-state index contributed by atoms with van der Waals surface area (Å²) in [7, 11) is 2.12. The highest BCUT2D eigenvalue weighted by Crippen LogP contribution is 2.43. The van der Waals surface area contributed by atoms with Crippen molar-refractivity contribution in [2.75, 3.05) is 38.1 Å². The molecule has 0 spiro atoms. The molecule has 1 saturated heterocycles. The Morgan fingerprint density at radius 1 is 1.19 bits per heavy atom. The minimum absolute atomic E-state index is 0.152. The van der Waals surface area contributed by atoms with E-state index in [0.29, 0.717) is 16.8 Å². The number of H-pyrrole nitrogens is 1. The number of nitrogens with one attached hydrogen (secondary N) is 1. The second-order valence-corrected chi connectivity index (χ2v) is 9.02. The molecule has 4 heterocycles. The smallest absolute Gasteiger partial charge is 0.182 e. The van der Waals surface area contributed by atoms with Gasteiger partial charge in [0.25, 0.3) is 0 Å². The summed E-state index contributed by atoms with van der Waals surface area (Å²) < 4.78 is 14.7. The molecular weight excluding hydrogens is 427 g/mol. The number of aromatic nitrogens is 3. The van der Waals surface area contributed by atoms with E-state index >= 15 is 0 Å². The van der Waals surface area contributed by atoms with Crippen LogP contribution >= 0.6 is 11.3 Å². The maximum absolute atomic E-state index is 14.7. The van der Waals surface area contributed by atoms with Gasteiger partial charge in [-0.15, -0.1) is 11.3 Å². The SMILES string of the molecule is Cc1[nH]nc2nc(-c3ccc(O)cc3F)c(C#N)c(-c3ccc(N4CCN(C)CC4)s3)c12. The summed E-state index contributed by atoms with van der Waals surface area (Å²) >= 11 is 1.61. The zero-order chi connectivity index (χ0) is 22.4. The Morgan fingerprint density at radius 2 is 1.97 bits per heavy atom. The number of phenols is 1. The molecule has 3 aromatic heterocycles. The predicted octanol–water partition coefficient (Wildman–Crippen LogP) is 4.13. The van der Waals surface area contributed by atoms with E-state index in [4.69, 9.17) is 0 Å². The molecular formula is C23H21FN6OS. The first-order valence-corrected chi connectivity index (χ1v) is 11.1. The van der Waals surface area contributed by atoms with Crippen LogP contribution in [0.1, 0.15) is 11.3 Å². The van der Waals surface area contributed by atoms with Crippen molar-refractivity contribution in [2.45, 2.75) is 6.92 Å². The zero-order valence-electron chi connectivity index (χ0n) is 17.7. The molecule has 0 radical (unpaired) electrons. The fourth-order valence-corrected chi connectivity index (χ4v) is 5.22. The summed E-state index contributed by atoms with van der Waals surface area (Å²) in [5.74, 6) is -0.826. The minimum Gasteiger partial charge on any atom is -0.508 e. The lowest BCUT2D eigenvalue weighted by Crippen LogP contribution is -2.44. The molecule has 0 atom stereocenters. The number of halogens is 1. The van der Waals surface area contributed by atoms with Gasteiger partial charge in [-0.3, -0.25) is 5.10 Å². The van der Waals surface area contributed by atoms with Gasteiger partial charge in [0.15, 0.2) is 5.65 Å². The summed E-state index contributed by atoms with van der Waals surface area (Å²) in [4.78, 5) is 10.1. The monoisotopic (exact) mass is 448 g/mol. The fourth-order valence-electron chi connectivity index (χ4n) is 4.11. The molecule has 2 N–H and O–H groups in total. The van der Waals surface area contributed by atoms with Gasteiger partial charge in [-0.05, 0) is 38.2 Å². The quantitative estimate of drug-likeness (QED) is 0.490. The summed E-state index contributed by atoms with van der Waals surface area (Å²) in [6, 6.07) is 10.2. The van der Waals surface area contributed by atoms with Gasteiger partial charge in [0.2, 0.25) is 0 Å². The molecule has 9 heteroatoms. The topological polar surface area (TPSA) is 92.1 Å². The molecule has 0 aliphatic carbocycles. The Morgan fingerprint density at radius 3 is 2.69 bits per heavy atom. The van der Waals surface area contributed by atoms with Crippen molar-refractivity contribution < 1.29 is 9.50 Å². The third-order valence-electron chi connectivity index (χ3n) is 5.86. The molecule has 0 unspecified atom stereocenters. The van der Waals surface area contributed by atoms with Crippen LogP contribution in [0.4, 0.5) is 9.39 Å². The lowest BCUT2D eigenvalue weighted by atomic mass is 9.97. The summed E-state index contributed by atoms with van der Waals surface area (Å²) in [6.45, 7) is 5.78. The van der Waals surface area contributed by atoms with E-state index in [1.165, 1.54) is 12.1 Å². The second-order valence-electron chi connectivity index (χ2n) is 7.96. The molecule has 1 aromatic carbocycles. The second kappa shape index (κ2) is 7.89. The van der Waals surface area contributed by atoms with Gasteiger partial charge in [-0.2, -0.15) is 10.4 Å². The number of aromatic amines is 1. The van der Waals surface area contributed by atoms with Gasteiger partial charge in [0, 0.05) is 53.9 Å². The third-order valence-corrected chi connectivity index (χ3v) is 7.02. The highest BCUT2D eigenvalue weighted by Gasteiger charge is 2.25. The Kier molecular flexibility index (Phi) is 5.04. The van der Waals surface area contributed by atoms with E-state index in [9.17, 15) is 14.8 Å². The summed E-state index contributed by atoms with van der Waals surface area (Å²) in [5, 5.41) is 28.9. The van der Waals surface area contributed by atoms with E-state index in [1.54, 1.807) is 11.3 Å². The van der Waals surface area contributed by atoms with Crippen molar-refractivity contribution in [2.24, 2.45) is 0 Å². The molecule has 0 amide bonds. The average molecular weight is 449 g/mol. The Bertz CT molecular complexity index is 1360. The van der Waals surface area contributed by atoms with Crippen molar-refractivity contribution >= 4 is 27.4 Å². The van der Waals surface area contributed by atoms with Crippen molar-refractivity contribution in [3.8, 4) is 33.5 Å². The zero-order valence-corrected chi connectivity index (χ0v) is 18.5. The number of benzene rings is 1. The number of hydrogen-bond acceptors (Lipinski definition) is 7. The number of nitriles is 1. The summed E-state index contributed by atoms with van der Waals surface area (Å²) in [6.07, 6.45) is 0. The lowest BCUT2D eigenvalue weighted by molar-refractivity contribution is 0.313. The first kappa shape index (κ1) is 20.4. The molecule has 4 aromatic rings. The number of piperazine rings is 1. The van der Waals surface area contributed by atoms with Crippen LogP contribution in [0.5, 0.6) is 5.75 Å². The van der Waals surface area contributed by atoms with Crippen LogP contribution in [0.25, 0.3) is 32.7 Å². The summed E-state index contributed by atoms with van der Waals surface area (Å²) in [5.41, 5.74) is 2.59. The van der Waals surface area contributed by atoms with E-state index in [1.807, 2.05) is 13.0 Å². The molecule has 162 valence electrons. The molecule has 1 aliphatic heterocycles. The maximum Gasteiger partial charge on any atom is 0.182 e. The normalized spacial score (nSPS) is 14.8. The molecule has 0 saturated carbocycles. The number of rotatable bonds is 3. The Hall–Kier alpha value is -3.48. The molecule has 5 rings (SSSR count). The third kappa shape index (κ3) is 3.38. The van der Waals surface area contributed by atoms with Gasteiger partial charge in [-0.25, -0.2) is 9.37 Å². The number of fused-ring (bicyclic) bond motifs is 1. The molecule has 7 nitrogen and oxygen atoms in total. The van der Waals surface area contributed by atoms with Crippen molar-refractivity contribution in [1.82, 2.24) is 20.1 Å². The van der Waals surface area contributed by atoms with Crippen LogP contribution < -0.4 is 4.90 Å². The van der Waals surface area contributed by atoms with E-state index in [-0.39, 0.29) is 17.0 Å². The Labute approximate surface area is 188 Å². The first-order chi connectivity index (χ1) is 15.5. The molecule has 1 aliphatic rings. The van der Waals surface area contributed by atoms with Crippen molar-refractivity contribution in [3.63, 3.8) is 0 Å². The van der Waals surface area contributed by atoms with Crippen LogP contribution in [0.2, 0.25) is 0 Å². The largest absolute Gasteiger partial charge is 0.508 e. The van der Waals surface area contributed by atoms with Gasteiger partial charge in [0.1, 0.15) is 17.6 Å². The number of hydrogen-bond donors (Lipinski definition) is 2. The number of aryl methyl sites for hydroxylation is 1. The highest BCUT2D eigenvalue weighted by molar-refractivity contribution is 7.19. The van der Waals surface area contributed by atoms with Gasteiger partial charge < -0.3 is 14.9 Å². The van der Waals surface area contributed by atoms with Crippen LogP contribution in [-0.4, -0.2) is 58.4 Å². The highest BCUT2D eigenvalue weighted by atomic mass is 32.1. The van der Waals surface area contributed by atoms with E-state index < -0.39 is 5.82 Å². The van der Waals surface area contributed by atoms with Crippen molar-refractivity contribution in [3.05, 3.63) is 47.4 Å². The predicted molar refractivity (Wildman–Crippen MR) is 123 cm³/mol. The fraction of sp³-hybridized carbons (Fsp3) is 0.261. The van der Waals surface area contributed by atoms with Crippen LogP contribution in [0.3, 0.4) is 0 Å². The first-order valence-electron chi connectivity index (χ1n) is 10.3. The maximum atomic E-state index is 14.7. The van der Waals surface area contributed by atoms with Gasteiger partial charge in [-0.1, -0.05) is 0 Å². The number of anilines is 1. The number of aromatic hydroxyl groups is 1. The number of thiophene rings is 1. The number of likely N-dealkylation sites (N-methyl/N-ethyl adjacent to an activating group) is 1. The van der Waals surface area contributed by atoms with E-state index in [2.05, 4.69) is 44.2 Å². The molecule has 1 fully saturated rings. The lowest BCUT2D eigenvalue weighted by Gasteiger charge is -2.32. The number of phenolic OH excluding ortho intramolecular Hbond substituents is 1. The van der Waals surface area contributed by atoms with Gasteiger partial charge >= 0.3 is 0 Å². The Balaban J connectivity index is 1.71. The van der Waals surface area contributed by atoms with E-state index in [0.717, 1.165) is 53.2 Å². The molecule has 32 heavy (non-hydrogen) atoms. The number of pyridine rings is 1. The van der Waals surface area contributed by atoms with Crippen molar-refractivity contribution in [1.29, 1.82) is 5.26 Å². The van der Waals surface area contributed by atoms with Crippen LogP contribution in [0, 0.1) is 24.1 Å². The number of nitrogens with zero attached hydrogens (tertiary/aromatic N) is 5. The van der Waals surface area contributed by atoms with Gasteiger partial charge in [0.05, 0.1) is 21.6 Å².